The molecule has 0 bridgehead atoms. The number of nitrogens with one attached hydrogen (secondary N) is 2. The summed E-state index contributed by atoms with van der Waals surface area (Å²) in [7, 11) is -3.76. The highest BCUT2D eigenvalue weighted by Crippen LogP contribution is 2.03. The zero-order valence-electron chi connectivity index (χ0n) is 9.29. The van der Waals surface area contributed by atoms with Gasteiger partial charge in [0.2, 0.25) is 15.5 Å². The first-order chi connectivity index (χ1) is 8.59. The molecule has 8 heteroatoms. The van der Waals surface area contributed by atoms with E-state index in [1.54, 1.807) is 5.51 Å². The molecular weight excluding hydrogens is 274 g/mol. The van der Waals surface area contributed by atoms with Crippen molar-refractivity contribution in [2.75, 3.05) is 6.54 Å². The van der Waals surface area contributed by atoms with Gasteiger partial charge in [-0.15, -0.1) is 11.3 Å². The van der Waals surface area contributed by atoms with Crippen LogP contribution in [0.15, 0.2) is 39.0 Å². The van der Waals surface area contributed by atoms with Crippen molar-refractivity contribution in [3.63, 3.8) is 0 Å². The number of hydrogen-bond acceptors (Lipinski definition) is 5. The molecular formula is C10H11N3O3S2. The summed E-state index contributed by atoms with van der Waals surface area (Å²) in [5.74, 6) is 0. The maximum absolute atomic E-state index is 11.8. The Morgan fingerprint density at radius 2 is 2.28 bits per heavy atom. The van der Waals surface area contributed by atoms with Crippen molar-refractivity contribution in [1.29, 1.82) is 0 Å². The van der Waals surface area contributed by atoms with E-state index in [4.69, 9.17) is 0 Å². The lowest BCUT2D eigenvalue weighted by molar-refractivity contribution is 0.580. The van der Waals surface area contributed by atoms with Crippen LogP contribution in [-0.2, 0) is 16.4 Å². The lowest BCUT2D eigenvalue weighted by Gasteiger charge is -2.04. The van der Waals surface area contributed by atoms with E-state index in [-0.39, 0.29) is 11.4 Å². The highest BCUT2D eigenvalue weighted by atomic mass is 32.2. The summed E-state index contributed by atoms with van der Waals surface area (Å²) in [5, 5.41) is 1.85. The number of rotatable bonds is 5. The van der Waals surface area contributed by atoms with Crippen molar-refractivity contribution in [3.8, 4) is 0 Å². The Labute approximate surface area is 108 Å². The lowest BCUT2D eigenvalue weighted by Crippen LogP contribution is -2.30. The molecule has 2 aromatic rings. The highest BCUT2D eigenvalue weighted by Gasteiger charge is 2.16. The van der Waals surface area contributed by atoms with Crippen LogP contribution in [0.2, 0.25) is 0 Å². The van der Waals surface area contributed by atoms with E-state index in [9.17, 15) is 13.2 Å². The van der Waals surface area contributed by atoms with Gasteiger partial charge in [0.1, 0.15) is 4.90 Å². The number of thiazole rings is 1. The third-order valence-electron chi connectivity index (χ3n) is 2.23. The van der Waals surface area contributed by atoms with Crippen LogP contribution in [0.4, 0.5) is 0 Å². The lowest BCUT2D eigenvalue weighted by atomic mass is 10.3. The van der Waals surface area contributed by atoms with E-state index >= 15 is 0 Å². The third-order valence-corrected chi connectivity index (χ3v) is 4.35. The molecule has 0 saturated carbocycles. The van der Waals surface area contributed by atoms with Crippen molar-refractivity contribution in [1.82, 2.24) is 14.7 Å². The minimum atomic E-state index is -3.76. The summed E-state index contributed by atoms with van der Waals surface area (Å²) in [6, 6.07) is 1.18. The standard InChI is InChI=1S/C10H11N3O3S2/c14-9-2-3-11-5-10(9)18(15,16)13-4-1-8-6-17-7-12-8/h2-3,5-7,13H,1,4H2,(H,11,14). The summed E-state index contributed by atoms with van der Waals surface area (Å²) in [5.41, 5.74) is 1.98. The first kappa shape index (κ1) is 12.9. The average molecular weight is 285 g/mol. The Bertz CT molecular complexity index is 662. The molecule has 0 aliphatic heterocycles. The van der Waals surface area contributed by atoms with E-state index in [0.717, 1.165) is 5.69 Å². The average Bonchev–Trinajstić information content (AvgIpc) is 2.82. The number of aromatic amines is 1. The van der Waals surface area contributed by atoms with Crippen molar-refractivity contribution in [2.24, 2.45) is 0 Å². The Morgan fingerprint density at radius 3 is 2.94 bits per heavy atom. The number of nitrogens with zero attached hydrogens (tertiary/aromatic N) is 1. The Balaban J connectivity index is 2.04. The summed E-state index contributed by atoms with van der Waals surface area (Å²) in [4.78, 5) is 17.8. The zero-order valence-corrected chi connectivity index (χ0v) is 10.9. The summed E-state index contributed by atoms with van der Waals surface area (Å²) < 4.78 is 26.0. The van der Waals surface area contributed by atoms with Crippen LogP contribution in [0.1, 0.15) is 5.69 Å². The summed E-state index contributed by atoms with van der Waals surface area (Å²) in [6.07, 6.45) is 3.05. The highest BCUT2D eigenvalue weighted by molar-refractivity contribution is 7.89. The molecule has 2 heterocycles. The van der Waals surface area contributed by atoms with E-state index in [1.807, 2.05) is 5.38 Å². The van der Waals surface area contributed by atoms with Crippen LogP contribution in [0.25, 0.3) is 0 Å². The SMILES string of the molecule is O=c1cc[nH]cc1S(=O)(=O)NCCc1cscn1. The van der Waals surface area contributed by atoms with Crippen LogP contribution in [0.3, 0.4) is 0 Å². The van der Waals surface area contributed by atoms with Crippen molar-refractivity contribution >= 4 is 21.4 Å². The van der Waals surface area contributed by atoms with E-state index in [0.29, 0.717) is 6.42 Å². The fourth-order valence-electron chi connectivity index (χ4n) is 1.36. The Kier molecular flexibility index (Phi) is 3.90. The van der Waals surface area contributed by atoms with Gasteiger partial charge in [-0.05, 0) is 0 Å². The molecule has 2 aromatic heterocycles. The largest absolute Gasteiger partial charge is 0.366 e. The smallest absolute Gasteiger partial charge is 0.245 e. The second-order valence-electron chi connectivity index (χ2n) is 3.50. The van der Waals surface area contributed by atoms with Crippen molar-refractivity contribution in [3.05, 3.63) is 45.3 Å². The summed E-state index contributed by atoms with van der Waals surface area (Å²) in [6.45, 7) is 0.209. The molecule has 2 rings (SSSR count). The quantitative estimate of drug-likeness (QED) is 0.829. The molecule has 0 spiro atoms. The van der Waals surface area contributed by atoms with Gasteiger partial charge in [0, 0.05) is 36.8 Å². The number of sulfonamides is 1. The topological polar surface area (TPSA) is 91.9 Å². The van der Waals surface area contributed by atoms with Gasteiger partial charge in [-0.2, -0.15) is 0 Å². The molecule has 0 aliphatic carbocycles. The predicted molar refractivity (Wildman–Crippen MR) is 68.1 cm³/mol. The fourth-order valence-corrected chi connectivity index (χ4v) is 3.04. The van der Waals surface area contributed by atoms with Crippen LogP contribution < -0.4 is 10.2 Å². The Hall–Kier alpha value is -1.51. The van der Waals surface area contributed by atoms with Crippen molar-refractivity contribution < 1.29 is 8.42 Å². The molecule has 2 N–H and O–H groups in total. The van der Waals surface area contributed by atoms with Gasteiger partial charge in [-0.3, -0.25) is 4.79 Å². The van der Waals surface area contributed by atoms with Crippen LogP contribution in [-0.4, -0.2) is 24.9 Å². The van der Waals surface area contributed by atoms with Crippen LogP contribution >= 0.6 is 11.3 Å². The molecule has 0 aliphatic rings. The molecule has 18 heavy (non-hydrogen) atoms. The van der Waals surface area contributed by atoms with Gasteiger partial charge >= 0.3 is 0 Å². The van der Waals surface area contributed by atoms with Gasteiger partial charge < -0.3 is 4.98 Å². The third kappa shape index (κ3) is 3.03. The second-order valence-corrected chi connectivity index (χ2v) is 5.95. The van der Waals surface area contributed by atoms with Gasteiger partial charge in [0.15, 0.2) is 0 Å². The molecule has 0 fully saturated rings. The molecule has 96 valence electrons. The minimum absolute atomic E-state index is 0.209. The van der Waals surface area contributed by atoms with Crippen molar-refractivity contribution in [2.45, 2.75) is 11.3 Å². The number of pyridine rings is 1. The maximum atomic E-state index is 11.8. The molecule has 0 radical (unpaired) electrons. The molecule has 6 nitrogen and oxygen atoms in total. The van der Waals surface area contributed by atoms with Crippen LogP contribution in [0.5, 0.6) is 0 Å². The van der Waals surface area contributed by atoms with Crippen LogP contribution in [0, 0.1) is 0 Å². The first-order valence-electron chi connectivity index (χ1n) is 5.13. The zero-order chi connectivity index (χ0) is 13.0. The monoisotopic (exact) mass is 285 g/mol. The number of hydrogen-bond donors (Lipinski definition) is 2. The molecule has 0 amide bonds. The van der Waals surface area contributed by atoms with E-state index in [1.165, 1.54) is 29.8 Å². The van der Waals surface area contributed by atoms with E-state index < -0.39 is 15.5 Å². The molecule has 0 aromatic carbocycles. The predicted octanol–water partition coefficient (Wildman–Crippen LogP) is 0.352. The molecule has 0 atom stereocenters. The normalized spacial score (nSPS) is 11.6. The first-order valence-corrected chi connectivity index (χ1v) is 7.56. The minimum Gasteiger partial charge on any atom is -0.366 e. The molecule has 0 unspecified atom stereocenters. The van der Waals surface area contributed by atoms with Gasteiger partial charge in [0.25, 0.3) is 0 Å². The molecule has 0 saturated heterocycles. The number of H-pyrrole nitrogens is 1. The second kappa shape index (κ2) is 5.42. The Morgan fingerprint density at radius 1 is 1.44 bits per heavy atom. The van der Waals surface area contributed by atoms with Gasteiger partial charge in [-0.1, -0.05) is 0 Å². The van der Waals surface area contributed by atoms with Gasteiger partial charge in [-0.25, -0.2) is 18.1 Å². The van der Waals surface area contributed by atoms with Gasteiger partial charge in [0.05, 0.1) is 11.2 Å². The maximum Gasteiger partial charge on any atom is 0.245 e. The fraction of sp³-hybridized carbons (Fsp3) is 0.200. The number of aromatic nitrogens is 2. The van der Waals surface area contributed by atoms with E-state index in [2.05, 4.69) is 14.7 Å². The summed E-state index contributed by atoms with van der Waals surface area (Å²) >= 11 is 1.45.